The van der Waals surface area contributed by atoms with Gasteiger partial charge >= 0.3 is 0 Å². The molecule has 1 N–H and O–H groups in total. The van der Waals surface area contributed by atoms with Crippen molar-refractivity contribution in [3.63, 3.8) is 0 Å². The zero-order chi connectivity index (χ0) is 17.5. The van der Waals surface area contributed by atoms with Crippen LogP contribution in [0.15, 0.2) is 24.3 Å². The second-order valence-corrected chi connectivity index (χ2v) is 9.14. The summed E-state index contributed by atoms with van der Waals surface area (Å²) >= 11 is 0. The van der Waals surface area contributed by atoms with Crippen molar-refractivity contribution in [1.82, 2.24) is 9.03 Å². The van der Waals surface area contributed by atoms with Crippen LogP contribution >= 0.6 is 0 Å². The Morgan fingerprint density at radius 3 is 2.43 bits per heavy atom. The molecule has 0 aliphatic heterocycles. The van der Waals surface area contributed by atoms with Gasteiger partial charge < -0.3 is 4.74 Å². The van der Waals surface area contributed by atoms with E-state index in [4.69, 9.17) is 4.74 Å². The van der Waals surface area contributed by atoms with Gasteiger partial charge in [0.25, 0.3) is 0 Å². The average Bonchev–Trinajstić information content (AvgIpc) is 2.49. The maximum atomic E-state index is 11.8. The number of ether oxygens (including phenoxy) is 1. The minimum atomic E-state index is -3.41. The highest BCUT2D eigenvalue weighted by Gasteiger charge is 2.17. The van der Waals surface area contributed by atoms with E-state index < -0.39 is 20.0 Å². The fourth-order valence-corrected chi connectivity index (χ4v) is 3.41. The predicted octanol–water partition coefficient (Wildman–Crippen LogP) is 0.439. The minimum Gasteiger partial charge on any atom is -0.497 e. The van der Waals surface area contributed by atoms with Gasteiger partial charge in [-0.15, -0.1) is 0 Å². The van der Waals surface area contributed by atoms with Gasteiger partial charge in [-0.3, -0.25) is 0 Å². The second kappa shape index (κ2) is 8.62. The molecule has 0 atom stereocenters. The van der Waals surface area contributed by atoms with Crippen LogP contribution in [-0.2, 0) is 26.5 Å². The van der Waals surface area contributed by atoms with Crippen molar-refractivity contribution in [2.24, 2.45) is 0 Å². The maximum Gasteiger partial charge on any atom is 0.211 e. The highest BCUT2D eigenvalue weighted by atomic mass is 32.2. The number of methoxy groups -OCH3 is 1. The predicted molar refractivity (Wildman–Crippen MR) is 90.6 cm³/mol. The Bertz CT molecular complexity index is 702. The van der Waals surface area contributed by atoms with Crippen LogP contribution in [-0.4, -0.2) is 59.9 Å². The van der Waals surface area contributed by atoms with Gasteiger partial charge in [0.2, 0.25) is 20.0 Å². The van der Waals surface area contributed by atoms with Gasteiger partial charge in [-0.05, 0) is 31.0 Å². The SMILES string of the molecule is CCS(=O)(=O)NCCN(CCc1cccc(OC)c1)S(C)(=O)=O. The van der Waals surface area contributed by atoms with Crippen LogP contribution in [0.3, 0.4) is 0 Å². The van der Waals surface area contributed by atoms with E-state index >= 15 is 0 Å². The smallest absolute Gasteiger partial charge is 0.211 e. The summed E-state index contributed by atoms with van der Waals surface area (Å²) in [7, 11) is -5.16. The van der Waals surface area contributed by atoms with E-state index in [0.717, 1.165) is 11.8 Å². The molecule has 0 radical (unpaired) electrons. The van der Waals surface area contributed by atoms with Gasteiger partial charge in [0.05, 0.1) is 19.1 Å². The lowest BCUT2D eigenvalue weighted by atomic mass is 10.1. The lowest BCUT2D eigenvalue weighted by Crippen LogP contribution is -2.39. The van der Waals surface area contributed by atoms with Crippen molar-refractivity contribution in [3.05, 3.63) is 29.8 Å². The molecule has 0 fully saturated rings. The van der Waals surface area contributed by atoms with Crippen LogP contribution in [0.4, 0.5) is 0 Å². The first-order valence-electron chi connectivity index (χ1n) is 7.23. The van der Waals surface area contributed by atoms with E-state index in [1.165, 1.54) is 11.2 Å². The van der Waals surface area contributed by atoms with Gasteiger partial charge in [0.1, 0.15) is 5.75 Å². The maximum absolute atomic E-state index is 11.8. The van der Waals surface area contributed by atoms with Crippen LogP contribution < -0.4 is 9.46 Å². The Balaban J connectivity index is 2.65. The summed E-state index contributed by atoms with van der Waals surface area (Å²) in [6, 6.07) is 7.40. The molecule has 1 aromatic carbocycles. The van der Waals surface area contributed by atoms with Gasteiger partial charge in [-0.2, -0.15) is 0 Å². The fraction of sp³-hybridized carbons (Fsp3) is 0.571. The van der Waals surface area contributed by atoms with Crippen molar-refractivity contribution >= 4 is 20.0 Å². The molecular formula is C14H24N2O5S2. The number of nitrogens with zero attached hydrogens (tertiary/aromatic N) is 1. The molecule has 0 saturated heterocycles. The molecule has 0 spiro atoms. The van der Waals surface area contributed by atoms with Crippen molar-refractivity contribution < 1.29 is 21.6 Å². The Kier molecular flexibility index (Phi) is 7.46. The average molecular weight is 364 g/mol. The molecule has 0 amide bonds. The van der Waals surface area contributed by atoms with Gasteiger partial charge in [-0.25, -0.2) is 25.9 Å². The number of hydrogen-bond donors (Lipinski definition) is 1. The van der Waals surface area contributed by atoms with E-state index in [2.05, 4.69) is 4.72 Å². The molecule has 0 unspecified atom stereocenters. The molecule has 0 aliphatic carbocycles. The summed E-state index contributed by atoms with van der Waals surface area (Å²) in [6.07, 6.45) is 1.64. The summed E-state index contributed by atoms with van der Waals surface area (Å²) in [5.41, 5.74) is 0.951. The number of sulfonamides is 2. The van der Waals surface area contributed by atoms with Crippen molar-refractivity contribution in [2.75, 3.05) is 38.8 Å². The summed E-state index contributed by atoms with van der Waals surface area (Å²) in [4.78, 5) is 0. The monoisotopic (exact) mass is 364 g/mol. The minimum absolute atomic E-state index is 0.0321. The van der Waals surface area contributed by atoms with E-state index in [0.29, 0.717) is 12.2 Å². The topological polar surface area (TPSA) is 92.8 Å². The molecule has 1 aromatic rings. The van der Waals surface area contributed by atoms with Gasteiger partial charge in [-0.1, -0.05) is 12.1 Å². The standard InChI is InChI=1S/C14H24N2O5S2/c1-4-23(19,20)15-9-11-16(22(3,17)18)10-8-13-6-5-7-14(12-13)21-2/h5-7,12,15H,4,8-11H2,1-3H3. The molecule has 0 aromatic heterocycles. The molecule has 0 saturated carbocycles. The molecule has 0 heterocycles. The highest BCUT2D eigenvalue weighted by molar-refractivity contribution is 7.89. The van der Waals surface area contributed by atoms with Crippen molar-refractivity contribution in [1.29, 1.82) is 0 Å². The number of benzene rings is 1. The fourth-order valence-electron chi connectivity index (χ4n) is 1.95. The van der Waals surface area contributed by atoms with E-state index in [9.17, 15) is 16.8 Å². The Labute approximate surface area is 138 Å². The largest absolute Gasteiger partial charge is 0.497 e. The highest BCUT2D eigenvalue weighted by Crippen LogP contribution is 2.13. The summed E-state index contributed by atoms with van der Waals surface area (Å²) in [6.45, 7) is 1.96. The summed E-state index contributed by atoms with van der Waals surface area (Å²) in [5, 5.41) is 0. The first-order chi connectivity index (χ1) is 10.7. The van der Waals surface area contributed by atoms with E-state index in [-0.39, 0.29) is 25.4 Å². The molecule has 9 heteroatoms. The lowest BCUT2D eigenvalue weighted by Gasteiger charge is -2.20. The molecule has 132 valence electrons. The van der Waals surface area contributed by atoms with E-state index in [1.54, 1.807) is 7.11 Å². The van der Waals surface area contributed by atoms with Crippen molar-refractivity contribution in [2.45, 2.75) is 13.3 Å². The first kappa shape index (κ1) is 19.9. The quantitative estimate of drug-likeness (QED) is 0.650. The van der Waals surface area contributed by atoms with Gasteiger partial charge in [0, 0.05) is 19.6 Å². The molecule has 0 aliphatic rings. The Hall–Kier alpha value is -1.16. The van der Waals surface area contributed by atoms with Crippen molar-refractivity contribution in [3.8, 4) is 5.75 Å². The normalized spacial score (nSPS) is 12.5. The number of hydrogen-bond acceptors (Lipinski definition) is 5. The molecule has 0 bridgehead atoms. The number of rotatable bonds is 10. The zero-order valence-corrected chi connectivity index (χ0v) is 15.3. The third kappa shape index (κ3) is 7.30. The molecule has 7 nitrogen and oxygen atoms in total. The zero-order valence-electron chi connectivity index (χ0n) is 13.6. The first-order valence-corrected chi connectivity index (χ1v) is 10.7. The Morgan fingerprint density at radius 1 is 1.17 bits per heavy atom. The second-order valence-electron chi connectivity index (χ2n) is 5.06. The number of nitrogens with one attached hydrogen (secondary N) is 1. The van der Waals surface area contributed by atoms with Gasteiger partial charge in [0.15, 0.2) is 0 Å². The lowest BCUT2D eigenvalue weighted by molar-refractivity contribution is 0.411. The summed E-state index contributed by atoms with van der Waals surface area (Å²) in [5.74, 6) is 0.680. The Morgan fingerprint density at radius 2 is 1.87 bits per heavy atom. The molecule has 1 rings (SSSR count). The van der Waals surface area contributed by atoms with Crippen LogP contribution in [0.1, 0.15) is 12.5 Å². The third-order valence-electron chi connectivity index (χ3n) is 3.32. The summed E-state index contributed by atoms with van der Waals surface area (Å²) < 4.78 is 55.2. The van der Waals surface area contributed by atoms with Crippen LogP contribution in [0.2, 0.25) is 0 Å². The molecular weight excluding hydrogens is 340 g/mol. The van der Waals surface area contributed by atoms with Crippen LogP contribution in [0, 0.1) is 0 Å². The van der Waals surface area contributed by atoms with E-state index in [1.807, 2.05) is 24.3 Å². The third-order valence-corrected chi connectivity index (χ3v) is 6.02. The molecule has 23 heavy (non-hydrogen) atoms. The van der Waals surface area contributed by atoms with Crippen LogP contribution in [0.25, 0.3) is 0 Å². The van der Waals surface area contributed by atoms with Crippen LogP contribution in [0.5, 0.6) is 5.75 Å².